The zero-order chi connectivity index (χ0) is 24.6. The molecule has 0 aliphatic carbocycles. The van der Waals surface area contributed by atoms with Gasteiger partial charge in [-0.2, -0.15) is 26.3 Å². The van der Waals surface area contributed by atoms with Gasteiger partial charge in [-0.1, -0.05) is 12.1 Å². The summed E-state index contributed by atoms with van der Waals surface area (Å²) in [6.07, 6.45) is -9.54. The molecule has 0 radical (unpaired) electrons. The molecule has 11 heteroatoms. The van der Waals surface area contributed by atoms with E-state index in [0.29, 0.717) is 31.6 Å². The first-order valence-corrected chi connectivity index (χ1v) is 10.0. The first kappa shape index (κ1) is 24.8. The molecule has 1 N–H and O–H groups in total. The van der Waals surface area contributed by atoms with Crippen LogP contribution in [0.1, 0.15) is 29.0 Å². The summed E-state index contributed by atoms with van der Waals surface area (Å²) in [6, 6.07) is 5.63. The molecular weight excluding hydrogens is 455 g/mol. The molecule has 0 saturated carbocycles. The normalized spacial score (nSPS) is 19.3. The summed E-state index contributed by atoms with van der Waals surface area (Å²) in [5.41, 5.74) is -2.77. The Balaban J connectivity index is 1.91. The number of halogens is 7. The van der Waals surface area contributed by atoms with Crippen LogP contribution in [-0.4, -0.2) is 44.2 Å². The first-order valence-electron chi connectivity index (χ1n) is 10.0. The highest BCUT2D eigenvalue weighted by Crippen LogP contribution is 2.38. The number of hydrogen-bond donors (Lipinski definition) is 1. The third-order valence-corrected chi connectivity index (χ3v) is 5.79. The average Bonchev–Trinajstić information content (AvgIpc) is 2.76. The van der Waals surface area contributed by atoms with Gasteiger partial charge in [0.05, 0.1) is 11.1 Å². The van der Waals surface area contributed by atoms with Gasteiger partial charge in [-0.15, -0.1) is 0 Å². The van der Waals surface area contributed by atoms with E-state index in [4.69, 9.17) is 0 Å². The summed E-state index contributed by atoms with van der Waals surface area (Å²) >= 11 is 0. The van der Waals surface area contributed by atoms with E-state index in [1.165, 1.54) is 24.1 Å². The smallest absolute Gasteiger partial charge is 0.324 e. The largest absolute Gasteiger partial charge is 0.416 e. The minimum atomic E-state index is -5.02. The Hall–Kier alpha value is -2.82. The van der Waals surface area contributed by atoms with Crippen LogP contribution < -0.4 is 10.2 Å². The van der Waals surface area contributed by atoms with Crippen molar-refractivity contribution in [2.45, 2.75) is 30.7 Å². The van der Waals surface area contributed by atoms with Gasteiger partial charge in [-0.3, -0.25) is 4.90 Å². The van der Waals surface area contributed by atoms with Gasteiger partial charge in [0, 0.05) is 38.3 Å². The highest BCUT2D eigenvalue weighted by molar-refractivity contribution is 5.91. The zero-order valence-corrected chi connectivity index (χ0v) is 17.8. The summed E-state index contributed by atoms with van der Waals surface area (Å²) in [7, 11) is 2.58. The van der Waals surface area contributed by atoms with Gasteiger partial charge in [0.15, 0.2) is 0 Å². The summed E-state index contributed by atoms with van der Waals surface area (Å²) in [6.45, 7) is 1.03. The second-order valence-corrected chi connectivity index (χ2v) is 7.93. The van der Waals surface area contributed by atoms with E-state index in [2.05, 4.69) is 5.32 Å². The number of amides is 2. The standard InChI is InChI=1S/C22H22F7N3O/c1-31(17-10-14(21(24,25)26)9-15(11-17)22(27,28)29)20(33)32(2)19-7-8-30-12-18(19)13-3-5-16(23)6-4-13/h3-6,9-11,18-19,30H,7-8,12H2,1-2H3/t18-,19+/m0/s1. The molecule has 2 atom stereocenters. The number of anilines is 1. The van der Waals surface area contributed by atoms with Crippen molar-refractivity contribution < 1.29 is 35.5 Å². The predicted molar refractivity (Wildman–Crippen MR) is 108 cm³/mol. The second kappa shape index (κ2) is 9.20. The van der Waals surface area contributed by atoms with Crippen molar-refractivity contribution in [1.82, 2.24) is 10.2 Å². The van der Waals surface area contributed by atoms with E-state index in [1.54, 1.807) is 12.1 Å². The molecule has 180 valence electrons. The predicted octanol–water partition coefficient (Wildman–Crippen LogP) is 5.50. The Morgan fingerprint density at radius 3 is 2.00 bits per heavy atom. The Morgan fingerprint density at radius 1 is 0.939 bits per heavy atom. The van der Waals surface area contributed by atoms with E-state index in [-0.39, 0.29) is 12.0 Å². The van der Waals surface area contributed by atoms with Crippen molar-refractivity contribution in [1.29, 1.82) is 0 Å². The summed E-state index contributed by atoms with van der Waals surface area (Å²) < 4.78 is 92.5. The molecular formula is C22H22F7N3O. The molecule has 2 aromatic carbocycles. The molecule has 1 heterocycles. The van der Waals surface area contributed by atoms with Crippen molar-refractivity contribution in [3.05, 3.63) is 65.0 Å². The number of nitrogens with zero attached hydrogens (tertiary/aromatic N) is 2. The summed E-state index contributed by atoms with van der Waals surface area (Å²) in [4.78, 5) is 15.2. The molecule has 3 rings (SSSR count). The van der Waals surface area contributed by atoms with Gasteiger partial charge in [0.25, 0.3) is 0 Å². The van der Waals surface area contributed by atoms with Crippen LogP contribution in [-0.2, 0) is 12.4 Å². The number of likely N-dealkylation sites (N-methyl/N-ethyl adjacent to an activating group) is 1. The van der Waals surface area contributed by atoms with Gasteiger partial charge < -0.3 is 10.2 Å². The number of nitrogens with one attached hydrogen (secondary N) is 1. The molecule has 33 heavy (non-hydrogen) atoms. The number of carbonyl (C=O) groups is 1. The number of piperidine rings is 1. The molecule has 1 aliphatic heterocycles. The van der Waals surface area contributed by atoms with Crippen LogP contribution in [0.5, 0.6) is 0 Å². The Labute approximate surface area is 186 Å². The lowest BCUT2D eigenvalue weighted by atomic mass is 9.86. The molecule has 0 unspecified atom stereocenters. The highest BCUT2D eigenvalue weighted by atomic mass is 19.4. The maximum Gasteiger partial charge on any atom is 0.416 e. The van der Waals surface area contributed by atoms with Gasteiger partial charge in [-0.25, -0.2) is 9.18 Å². The lowest BCUT2D eigenvalue weighted by Gasteiger charge is -2.40. The van der Waals surface area contributed by atoms with Crippen LogP contribution in [0, 0.1) is 5.82 Å². The maximum atomic E-state index is 13.3. The Kier molecular flexibility index (Phi) is 6.92. The number of alkyl halides is 6. The summed E-state index contributed by atoms with van der Waals surface area (Å²) in [5, 5.41) is 3.19. The van der Waals surface area contributed by atoms with E-state index < -0.39 is 47.1 Å². The zero-order valence-electron chi connectivity index (χ0n) is 17.8. The van der Waals surface area contributed by atoms with Crippen molar-refractivity contribution in [2.24, 2.45) is 0 Å². The topological polar surface area (TPSA) is 35.6 Å². The van der Waals surface area contributed by atoms with Crippen LogP contribution in [0.15, 0.2) is 42.5 Å². The highest BCUT2D eigenvalue weighted by Gasteiger charge is 2.38. The van der Waals surface area contributed by atoms with Crippen molar-refractivity contribution in [3.63, 3.8) is 0 Å². The Bertz CT molecular complexity index is 957. The number of carbonyl (C=O) groups excluding carboxylic acids is 1. The van der Waals surface area contributed by atoms with Crippen LogP contribution >= 0.6 is 0 Å². The minimum Gasteiger partial charge on any atom is -0.324 e. The quantitative estimate of drug-likeness (QED) is 0.593. The number of hydrogen-bond acceptors (Lipinski definition) is 2. The van der Waals surface area contributed by atoms with E-state index in [1.807, 2.05) is 0 Å². The molecule has 1 fully saturated rings. The molecule has 0 spiro atoms. The van der Waals surface area contributed by atoms with Gasteiger partial charge in [-0.05, 0) is 48.9 Å². The average molecular weight is 477 g/mol. The van der Waals surface area contributed by atoms with E-state index in [9.17, 15) is 35.5 Å². The van der Waals surface area contributed by atoms with Crippen molar-refractivity contribution in [3.8, 4) is 0 Å². The van der Waals surface area contributed by atoms with Crippen LogP contribution in [0.25, 0.3) is 0 Å². The van der Waals surface area contributed by atoms with Gasteiger partial charge in [0.2, 0.25) is 0 Å². The van der Waals surface area contributed by atoms with Crippen LogP contribution in [0.2, 0.25) is 0 Å². The summed E-state index contributed by atoms with van der Waals surface area (Å²) in [5.74, 6) is -0.665. The number of urea groups is 1. The fourth-order valence-corrected chi connectivity index (χ4v) is 3.98. The van der Waals surface area contributed by atoms with Crippen molar-refractivity contribution >= 4 is 11.7 Å². The third-order valence-electron chi connectivity index (χ3n) is 5.79. The fourth-order valence-electron chi connectivity index (χ4n) is 3.98. The van der Waals surface area contributed by atoms with Crippen LogP contribution in [0.3, 0.4) is 0 Å². The maximum absolute atomic E-state index is 13.3. The lowest BCUT2D eigenvalue weighted by Crippen LogP contribution is -2.52. The monoisotopic (exact) mass is 477 g/mol. The molecule has 1 aliphatic rings. The third kappa shape index (κ3) is 5.58. The molecule has 0 bridgehead atoms. The minimum absolute atomic E-state index is 0.0168. The number of benzene rings is 2. The van der Waals surface area contributed by atoms with Gasteiger partial charge >= 0.3 is 18.4 Å². The fraction of sp³-hybridized carbons (Fsp3) is 0.409. The second-order valence-electron chi connectivity index (χ2n) is 7.93. The molecule has 1 saturated heterocycles. The lowest BCUT2D eigenvalue weighted by molar-refractivity contribution is -0.143. The Morgan fingerprint density at radius 2 is 1.48 bits per heavy atom. The molecule has 4 nitrogen and oxygen atoms in total. The van der Waals surface area contributed by atoms with Crippen molar-refractivity contribution in [2.75, 3.05) is 32.1 Å². The van der Waals surface area contributed by atoms with Crippen LogP contribution in [0.4, 0.5) is 41.2 Å². The number of rotatable bonds is 3. The molecule has 0 aromatic heterocycles. The van der Waals surface area contributed by atoms with E-state index >= 15 is 0 Å². The molecule has 2 aromatic rings. The van der Waals surface area contributed by atoms with E-state index in [0.717, 1.165) is 17.5 Å². The first-order chi connectivity index (χ1) is 15.3. The molecule has 2 amide bonds. The SMILES string of the molecule is CN(C(=O)N(C)[C@@H]1CCNC[C@H]1c1ccc(F)cc1)c1cc(C(F)(F)F)cc(C(F)(F)F)c1. The van der Waals surface area contributed by atoms with Gasteiger partial charge in [0.1, 0.15) is 5.82 Å².